The Morgan fingerprint density at radius 3 is 2.29 bits per heavy atom. The van der Waals surface area contributed by atoms with E-state index < -0.39 is 15.8 Å². The summed E-state index contributed by atoms with van der Waals surface area (Å²) in [6.07, 6.45) is 0. The minimum absolute atomic E-state index is 0.118. The molecule has 1 N–H and O–H groups in total. The molecule has 78 valence electrons. The van der Waals surface area contributed by atoms with E-state index in [1.165, 1.54) is 0 Å². The highest BCUT2D eigenvalue weighted by Crippen LogP contribution is 2.04. The molecule has 0 radical (unpaired) electrons. The first-order valence-corrected chi connectivity index (χ1v) is 5.37. The second kappa shape index (κ2) is 4.47. The molecular formula is C8H9F2NO2S. The molecule has 0 spiro atoms. The van der Waals surface area contributed by atoms with E-state index in [1.54, 1.807) is 35.1 Å². The summed E-state index contributed by atoms with van der Waals surface area (Å²) in [4.78, 5) is 0. The van der Waals surface area contributed by atoms with E-state index in [9.17, 15) is 17.2 Å². The molecule has 1 aromatic rings. The van der Waals surface area contributed by atoms with Crippen molar-refractivity contribution >= 4 is 10.0 Å². The molecule has 0 amide bonds. The zero-order valence-corrected chi connectivity index (χ0v) is 7.97. The lowest BCUT2D eigenvalue weighted by Crippen LogP contribution is -2.28. The van der Waals surface area contributed by atoms with Crippen LogP contribution in [0.5, 0.6) is 0 Å². The van der Waals surface area contributed by atoms with Gasteiger partial charge in [0.2, 0.25) is 0 Å². The number of rotatable bonds is 4. The normalized spacial score (nSPS) is 11.9. The van der Waals surface area contributed by atoms with Gasteiger partial charge in [0.05, 0.1) is 0 Å². The second-order valence-electron chi connectivity index (χ2n) is 2.61. The van der Waals surface area contributed by atoms with Gasteiger partial charge in [0.25, 0.3) is 10.0 Å². The first-order valence-electron chi connectivity index (χ1n) is 3.83. The largest absolute Gasteiger partial charge is 0.350 e. The number of hydrogen-bond acceptors (Lipinski definition) is 2. The third-order valence-corrected chi connectivity index (χ3v) is 2.57. The molecule has 0 fully saturated rings. The smallest absolute Gasteiger partial charge is 0.206 e. The molecule has 6 heteroatoms. The molecule has 1 aromatic carbocycles. The summed E-state index contributed by atoms with van der Waals surface area (Å²) < 4.78 is 46.8. The average Bonchev–Trinajstić information content (AvgIpc) is 2.16. The van der Waals surface area contributed by atoms with Crippen molar-refractivity contribution in [3.05, 3.63) is 35.9 Å². The van der Waals surface area contributed by atoms with Gasteiger partial charge in [-0.1, -0.05) is 30.3 Å². The van der Waals surface area contributed by atoms with Crippen LogP contribution in [0.1, 0.15) is 5.56 Å². The Balaban J connectivity index is 2.58. The lowest BCUT2D eigenvalue weighted by molar-refractivity contribution is 0.232. The van der Waals surface area contributed by atoms with Gasteiger partial charge < -0.3 is 0 Å². The van der Waals surface area contributed by atoms with Gasteiger partial charge in [0.15, 0.2) is 0 Å². The Bertz CT molecular complexity index is 378. The number of alkyl halides is 2. The SMILES string of the molecule is O=S(=O)(NCc1ccccc1)C(F)F. The van der Waals surface area contributed by atoms with E-state index >= 15 is 0 Å². The van der Waals surface area contributed by atoms with Crippen LogP contribution in [-0.2, 0) is 16.6 Å². The summed E-state index contributed by atoms with van der Waals surface area (Å²) in [7, 11) is -4.48. The fourth-order valence-corrected chi connectivity index (χ4v) is 1.34. The second-order valence-corrected chi connectivity index (χ2v) is 4.35. The van der Waals surface area contributed by atoms with Crippen molar-refractivity contribution in [2.75, 3.05) is 0 Å². The van der Waals surface area contributed by atoms with Crippen molar-refractivity contribution in [3.63, 3.8) is 0 Å². The van der Waals surface area contributed by atoms with E-state index in [1.807, 2.05) is 0 Å². The highest BCUT2D eigenvalue weighted by atomic mass is 32.2. The molecule has 0 bridgehead atoms. The van der Waals surface area contributed by atoms with Crippen LogP contribution in [0.4, 0.5) is 8.78 Å². The maximum Gasteiger partial charge on any atom is 0.350 e. The van der Waals surface area contributed by atoms with Crippen LogP contribution in [0.3, 0.4) is 0 Å². The Kier molecular flexibility index (Phi) is 3.54. The molecule has 0 aromatic heterocycles. The van der Waals surface area contributed by atoms with Crippen LogP contribution in [0, 0.1) is 0 Å². The van der Waals surface area contributed by atoms with Crippen LogP contribution >= 0.6 is 0 Å². The van der Waals surface area contributed by atoms with E-state index in [0.29, 0.717) is 5.56 Å². The molecule has 0 aliphatic rings. The van der Waals surface area contributed by atoms with Gasteiger partial charge in [0, 0.05) is 6.54 Å². The summed E-state index contributed by atoms with van der Waals surface area (Å²) >= 11 is 0. The van der Waals surface area contributed by atoms with Crippen LogP contribution in [0.2, 0.25) is 0 Å². The lowest BCUT2D eigenvalue weighted by atomic mass is 10.2. The Morgan fingerprint density at radius 1 is 1.21 bits per heavy atom. The van der Waals surface area contributed by atoms with Crippen LogP contribution in [0.25, 0.3) is 0 Å². The third-order valence-electron chi connectivity index (χ3n) is 1.55. The minimum Gasteiger partial charge on any atom is -0.206 e. The minimum atomic E-state index is -4.48. The van der Waals surface area contributed by atoms with Gasteiger partial charge in [-0.15, -0.1) is 0 Å². The first kappa shape index (κ1) is 11.1. The maximum atomic E-state index is 11.9. The van der Waals surface area contributed by atoms with Crippen LogP contribution < -0.4 is 4.72 Å². The monoisotopic (exact) mass is 221 g/mol. The predicted molar refractivity (Wildman–Crippen MR) is 48.2 cm³/mol. The van der Waals surface area contributed by atoms with Crippen molar-refractivity contribution in [2.24, 2.45) is 0 Å². The van der Waals surface area contributed by atoms with Gasteiger partial charge in [-0.05, 0) is 5.56 Å². The molecule has 0 heterocycles. The molecular weight excluding hydrogens is 212 g/mol. The molecule has 0 aliphatic carbocycles. The zero-order valence-electron chi connectivity index (χ0n) is 7.15. The lowest BCUT2D eigenvalue weighted by Gasteiger charge is -2.04. The topological polar surface area (TPSA) is 46.2 Å². The molecule has 0 atom stereocenters. The van der Waals surface area contributed by atoms with Crippen molar-refractivity contribution in [1.82, 2.24) is 4.72 Å². The van der Waals surface area contributed by atoms with Crippen molar-refractivity contribution in [3.8, 4) is 0 Å². The summed E-state index contributed by atoms with van der Waals surface area (Å²) in [6.45, 7) is -0.118. The highest BCUT2D eigenvalue weighted by molar-refractivity contribution is 7.89. The summed E-state index contributed by atoms with van der Waals surface area (Å²) in [5.41, 5.74) is 0.636. The maximum absolute atomic E-state index is 11.9. The average molecular weight is 221 g/mol. The van der Waals surface area contributed by atoms with Crippen molar-refractivity contribution in [1.29, 1.82) is 0 Å². The van der Waals surface area contributed by atoms with Gasteiger partial charge in [-0.25, -0.2) is 13.1 Å². The van der Waals surface area contributed by atoms with Crippen LogP contribution in [0.15, 0.2) is 30.3 Å². The highest BCUT2D eigenvalue weighted by Gasteiger charge is 2.22. The van der Waals surface area contributed by atoms with Gasteiger partial charge >= 0.3 is 5.76 Å². The fourth-order valence-electron chi connectivity index (χ4n) is 0.843. The number of benzene rings is 1. The number of hydrogen-bond donors (Lipinski definition) is 1. The predicted octanol–water partition coefficient (Wildman–Crippen LogP) is 1.33. The summed E-state index contributed by atoms with van der Waals surface area (Å²) in [6, 6.07) is 8.45. The van der Waals surface area contributed by atoms with E-state index in [4.69, 9.17) is 0 Å². The number of sulfonamides is 1. The molecule has 14 heavy (non-hydrogen) atoms. The quantitative estimate of drug-likeness (QED) is 0.833. The van der Waals surface area contributed by atoms with Gasteiger partial charge in [-0.3, -0.25) is 0 Å². The molecule has 0 unspecified atom stereocenters. The number of nitrogens with one attached hydrogen (secondary N) is 1. The molecule has 3 nitrogen and oxygen atoms in total. The Labute approximate surface area is 80.8 Å². The first-order chi connectivity index (χ1) is 6.52. The van der Waals surface area contributed by atoms with E-state index in [0.717, 1.165) is 0 Å². The summed E-state index contributed by atoms with van der Waals surface area (Å²) in [5.74, 6) is -3.38. The standard InChI is InChI=1S/C8H9F2NO2S/c9-8(10)14(12,13)11-6-7-4-2-1-3-5-7/h1-5,8,11H,6H2. The third kappa shape index (κ3) is 3.04. The molecule has 0 saturated carbocycles. The molecule has 0 saturated heterocycles. The van der Waals surface area contributed by atoms with Gasteiger partial charge in [-0.2, -0.15) is 8.78 Å². The van der Waals surface area contributed by atoms with E-state index in [2.05, 4.69) is 0 Å². The molecule has 1 rings (SSSR count). The molecule has 0 aliphatic heterocycles. The zero-order chi connectivity index (χ0) is 10.6. The van der Waals surface area contributed by atoms with Crippen molar-refractivity contribution in [2.45, 2.75) is 12.3 Å². The Morgan fingerprint density at radius 2 is 1.79 bits per heavy atom. The number of halogens is 2. The Hall–Kier alpha value is -1.01. The fraction of sp³-hybridized carbons (Fsp3) is 0.250. The van der Waals surface area contributed by atoms with Gasteiger partial charge in [0.1, 0.15) is 0 Å². The van der Waals surface area contributed by atoms with E-state index in [-0.39, 0.29) is 6.54 Å². The summed E-state index contributed by atoms with van der Waals surface area (Å²) in [5, 5.41) is 0. The van der Waals surface area contributed by atoms with Crippen LogP contribution in [-0.4, -0.2) is 14.2 Å². The van der Waals surface area contributed by atoms with Crippen molar-refractivity contribution < 1.29 is 17.2 Å².